The Morgan fingerprint density at radius 3 is 2.30 bits per heavy atom. The van der Waals surface area contributed by atoms with Crippen molar-refractivity contribution in [1.29, 1.82) is 0 Å². The lowest BCUT2D eigenvalue weighted by Crippen LogP contribution is -2.68. The lowest BCUT2D eigenvalue weighted by atomic mass is 9.46. The summed E-state index contributed by atoms with van der Waals surface area (Å²) in [5.74, 6) is -0.231. The Labute approximate surface area is 193 Å². The maximum absolute atomic E-state index is 13.5. The standard InChI is InChI=1S/C22H30N4O6S/c1-20(2,25(3)33(31,32)17-7-5-4-6-16(17)26(29)30)19(28)24-22-11-14-8-15(12-22)10-21(9-14,13-22)18(23)27/h4-7,14-15H,8-13H2,1-3H3,(H2,23,27)(H,24,28). The van der Waals surface area contributed by atoms with E-state index in [2.05, 4.69) is 5.32 Å². The van der Waals surface area contributed by atoms with Crippen LogP contribution in [0.4, 0.5) is 5.69 Å². The van der Waals surface area contributed by atoms with Gasteiger partial charge in [0.15, 0.2) is 4.90 Å². The van der Waals surface area contributed by atoms with Crippen LogP contribution in [-0.2, 0) is 19.6 Å². The van der Waals surface area contributed by atoms with E-state index < -0.39 is 47.9 Å². The number of primary amides is 1. The third-order valence-corrected chi connectivity index (χ3v) is 10.1. The monoisotopic (exact) mass is 478 g/mol. The van der Waals surface area contributed by atoms with Crippen molar-refractivity contribution in [3.8, 4) is 0 Å². The smallest absolute Gasteiger partial charge is 0.289 e. The van der Waals surface area contributed by atoms with Crippen LogP contribution >= 0.6 is 0 Å². The Hall–Kier alpha value is -2.53. The molecule has 0 spiro atoms. The maximum atomic E-state index is 13.5. The molecule has 2 atom stereocenters. The van der Waals surface area contributed by atoms with Crippen molar-refractivity contribution in [3.63, 3.8) is 0 Å². The van der Waals surface area contributed by atoms with Crippen LogP contribution in [0, 0.1) is 27.4 Å². The second-order valence-corrected chi connectivity index (χ2v) is 12.5. The quantitative estimate of drug-likeness (QED) is 0.451. The zero-order valence-electron chi connectivity index (χ0n) is 19.0. The number of hydrogen-bond acceptors (Lipinski definition) is 6. The predicted molar refractivity (Wildman–Crippen MR) is 119 cm³/mol. The van der Waals surface area contributed by atoms with Gasteiger partial charge < -0.3 is 11.1 Å². The van der Waals surface area contributed by atoms with Gasteiger partial charge in [0.05, 0.1) is 10.3 Å². The van der Waals surface area contributed by atoms with E-state index in [1.165, 1.54) is 33.0 Å². The molecule has 10 nitrogen and oxygen atoms in total. The minimum Gasteiger partial charge on any atom is -0.369 e. The van der Waals surface area contributed by atoms with Gasteiger partial charge in [0.2, 0.25) is 11.8 Å². The Morgan fingerprint density at radius 1 is 1.18 bits per heavy atom. The summed E-state index contributed by atoms with van der Waals surface area (Å²) < 4.78 is 27.5. The predicted octanol–water partition coefficient (Wildman–Crippen LogP) is 1.93. The number of nitrogens with two attached hydrogens (primary N) is 1. The number of nitro benzene ring substituents is 1. The Kier molecular flexibility index (Phi) is 5.36. The van der Waals surface area contributed by atoms with Gasteiger partial charge in [0.1, 0.15) is 5.54 Å². The van der Waals surface area contributed by atoms with Gasteiger partial charge in [-0.1, -0.05) is 12.1 Å². The molecule has 4 fully saturated rings. The molecular weight excluding hydrogens is 448 g/mol. The molecule has 5 rings (SSSR count). The van der Waals surface area contributed by atoms with Gasteiger partial charge in [-0.05, 0) is 70.3 Å². The third-order valence-electron chi connectivity index (χ3n) is 8.01. The lowest BCUT2D eigenvalue weighted by molar-refractivity contribution is -0.387. The first kappa shape index (κ1) is 23.6. The van der Waals surface area contributed by atoms with Crippen molar-refractivity contribution in [2.45, 2.75) is 68.3 Å². The van der Waals surface area contributed by atoms with Crippen LogP contribution < -0.4 is 11.1 Å². The number of likely N-dealkylation sites (N-methyl/N-ethyl adjacent to an activating group) is 1. The van der Waals surface area contributed by atoms with Crippen LogP contribution in [0.5, 0.6) is 0 Å². The van der Waals surface area contributed by atoms with E-state index in [1.54, 1.807) is 0 Å². The highest BCUT2D eigenvalue weighted by molar-refractivity contribution is 7.89. The van der Waals surface area contributed by atoms with E-state index in [4.69, 9.17) is 5.73 Å². The zero-order valence-corrected chi connectivity index (χ0v) is 19.9. The molecule has 0 saturated heterocycles. The highest BCUT2D eigenvalue weighted by atomic mass is 32.2. The Morgan fingerprint density at radius 2 is 1.76 bits per heavy atom. The van der Waals surface area contributed by atoms with E-state index >= 15 is 0 Å². The summed E-state index contributed by atoms with van der Waals surface area (Å²) in [6.07, 6.45) is 4.44. The van der Waals surface area contributed by atoms with E-state index in [0.717, 1.165) is 48.5 Å². The minimum atomic E-state index is -4.35. The fourth-order valence-electron chi connectivity index (χ4n) is 6.51. The van der Waals surface area contributed by atoms with Crippen LogP contribution in [0.25, 0.3) is 0 Å². The number of carbonyl (C=O) groups is 2. The van der Waals surface area contributed by atoms with Crippen molar-refractivity contribution in [2.75, 3.05) is 7.05 Å². The summed E-state index contributed by atoms with van der Waals surface area (Å²) in [6.45, 7) is 2.94. The summed E-state index contributed by atoms with van der Waals surface area (Å²) in [5.41, 5.74) is 2.47. The van der Waals surface area contributed by atoms with Gasteiger partial charge in [-0.2, -0.15) is 4.31 Å². The highest BCUT2D eigenvalue weighted by Gasteiger charge is 2.61. The van der Waals surface area contributed by atoms with E-state index in [9.17, 15) is 28.1 Å². The summed E-state index contributed by atoms with van der Waals surface area (Å²) in [4.78, 5) is 36.0. The molecular formula is C22H30N4O6S. The van der Waals surface area contributed by atoms with Crippen LogP contribution in [0.15, 0.2) is 29.2 Å². The number of benzene rings is 1. The highest BCUT2D eigenvalue weighted by Crippen LogP contribution is 2.61. The van der Waals surface area contributed by atoms with Crippen LogP contribution in [0.3, 0.4) is 0 Å². The Balaban J connectivity index is 1.61. The number of hydrogen-bond donors (Lipinski definition) is 2. The minimum absolute atomic E-state index is 0.301. The van der Waals surface area contributed by atoms with Crippen molar-refractivity contribution in [3.05, 3.63) is 34.4 Å². The van der Waals surface area contributed by atoms with E-state index in [0.29, 0.717) is 18.3 Å². The molecule has 4 bridgehead atoms. The SMILES string of the molecule is CN(C(C)(C)C(=O)NC12CC3CC(C1)CC(C(N)=O)(C3)C2)S(=O)(=O)c1ccccc1[N+](=O)[O-]. The molecule has 0 aromatic heterocycles. The molecule has 0 radical (unpaired) electrons. The van der Waals surface area contributed by atoms with Crippen molar-refractivity contribution < 1.29 is 22.9 Å². The molecule has 180 valence electrons. The average molecular weight is 479 g/mol. The topological polar surface area (TPSA) is 153 Å². The van der Waals surface area contributed by atoms with Crippen LogP contribution in [-0.4, -0.2) is 47.6 Å². The number of nitrogens with one attached hydrogen (secondary N) is 1. The van der Waals surface area contributed by atoms with Crippen molar-refractivity contribution in [1.82, 2.24) is 9.62 Å². The molecule has 0 heterocycles. The molecule has 3 N–H and O–H groups in total. The second kappa shape index (κ2) is 7.49. The van der Waals surface area contributed by atoms with Crippen LogP contribution in [0.2, 0.25) is 0 Å². The van der Waals surface area contributed by atoms with Crippen molar-refractivity contribution in [2.24, 2.45) is 23.0 Å². The summed E-state index contributed by atoms with van der Waals surface area (Å²) >= 11 is 0. The first-order valence-electron chi connectivity index (χ1n) is 11.1. The number of rotatable bonds is 7. The molecule has 2 unspecified atom stereocenters. The zero-order chi connectivity index (χ0) is 24.4. The van der Waals surface area contributed by atoms with Gasteiger partial charge in [-0.25, -0.2) is 8.42 Å². The molecule has 4 aliphatic rings. The normalized spacial score (nSPS) is 30.9. The maximum Gasteiger partial charge on any atom is 0.289 e. The first-order valence-corrected chi connectivity index (χ1v) is 12.5. The molecule has 33 heavy (non-hydrogen) atoms. The molecule has 4 aliphatic carbocycles. The van der Waals surface area contributed by atoms with Gasteiger partial charge >= 0.3 is 0 Å². The number of carbonyl (C=O) groups excluding carboxylic acids is 2. The Bertz CT molecular complexity index is 1120. The molecule has 4 saturated carbocycles. The number of para-hydroxylation sites is 1. The second-order valence-electron chi connectivity index (χ2n) is 10.6. The lowest BCUT2D eigenvalue weighted by Gasteiger charge is -2.61. The number of sulfonamides is 1. The summed E-state index contributed by atoms with van der Waals surface area (Å²) in [6, 6.07) is 5.07. The largest absolute Gasteiger partial charge is 0.369 e. The molecule has 1 aromatic rings. The average Bonchev–Trinajstić information content (AvgIpc) is 2.71. The summed E-state index contributed by atoms with van der Waals surface area (Å²) in [5, 5.41) is 14.5. The molecule has 2 amide bonds. The van der Waals surface area contributed by atoms with Crippen molar-refractivity contribution >= 4 is 27.5 Å². The summed E-state index contributed by atoms with van der Waals surface area (Å²) in [7, 11) is -3.11. The van der Waals surface area contributed by atoms with Gasteiger partial charge in [0, 0.05) is 18.7 Å². The first-order chi connectivity index (χ1) is 15.2. The van der Waals surface area contributed by atoms with Crippen LogP contribution in [0.1, 0.15) is 52.4 Å². The van der Waals surface area contributed by atoms with E-state index in [1.807, 2.05) is 0 Å². The molecule has 11 heteroatoms. The number of nitrogens with zero attached hydrogens (tertiary/aromatic N) is 2. The number of amides is 2. The fraction of sp³-hybridized carbons (Fsp3) is 0.636. The van der Waals surface area contributed by atoms with Gasteiger partial charge in [0.25, 0.3) is 15.7 Å². The van der Waals surface area contributed by atoms with Gasteiger partial charge in [-0.3, -0.25) is 19.7 Å². The van der Waals surface area contributed by atoms with E-state index in [-0.39, 0.29) is 5.91 Å². The molecule has 1 aromatic carbocycles. The third kappa shape index (κ3) is 3.71. The van der Waals surface area contributed by atoms with Gasteiger partial charge in [-0.15, -0.1) is 0 Å². The number of nitro groups is 1. The molecule has 0 aliphatic heterocycles. The fourth-order valence-corrected chi connectivity index (χ4v) is 8.14.